The van der Waals surface area contributed by atoms with Gasteiger partial charge in [-0.2, -0.15) is 0 Å². The SMILES string of the molecule is C=C(/C=C\C=N/C)c1ccc2c(c1)C(C)(C)c1cc(-c3ccc(-c4ccc5nc6c7ccccc7sc6n5c4)cc3)ccc1-2. The van der Waals surface area contributed by atoms with E-state index in [9.17, 15) is 0 Å². The lowest BCUT2D eigenvalue weighted by Crippen LogP contribution is -2.15. The highest BCUT2D eigenvalue weighted by Crippen LogP contribution is 2.50. The molecule has 0 radical (unpaired) electrons. The first-order chi connectivity index (χ1) is 21.4. The monoisotopic (exact) mass is 585 g/mol. The van der Waals surface area contributed by atoms with Crippen LogP contribution in [0.3, 0.4) is 0 Å². The molecule has 0 amide bonds. The topological polar surface area (TPSA) is 29.7 Å². The predicted molar refractivity (Wildman–Crippen MR) is 189 cm³/mol. The molecule has 7 aromatic rings. The van der Waals surface area contributed by atoms with Crippen molar-refractivity contribution in [1.82, 2.24) is 9.38 Å². The van der Waals surface area contributed by atoms with Crippen LogP contribution in [0.2, 0.25) is 0 Å². The number of pyridine rings is 1. The Hall–Kier alpha value is -5.06. The molecule has 212 valence electrons. The maximum atomic E-state index is 4.94. The van der Waals surface area contributed by atoms with Crippen molar-refractivity contribution in [3.8, 4) is 33.4 Å². The third-order valence-electron chi connectivity index (χ3n) is 9.05. The van der Waals surface area contributed by atoms with E-state index < -0.39 is 0 Å². The van der Waals surface area contributed by atoms with Gasteiger partial charge in [0.25, 0.3) is 0 Å². The van der Waals surface area contributed by atoms with Crippen molar-refractivity contribution in [3.05, 3.63) is 139 Å². The second-order valence-electron chi connectivity index (χ2n) is 12.0. The van der Waals surface area contributed by atoms with Gasteiger partial charge in [-0.3, -0.25) is 9.39 Å². The van der Waals surface area contributed by atoms with Crippen molar-refractivity contribution in [2.45, 2.75) is 19.3 Å². The average molecular weight is 586 g/mol. The number of hydrogen-bond donors (Lipinski definition) is 0. The van der Waals surface area contributed by atoms with Crippen LogP contribution in [-0.2, 0) is 5.41 Å². The van der Waals surface area contributed by atoms with Crippen LogP contribution >= 0.6 is 11.3 Å². The van der Waals surface area contributed by atoms with Crippen LogP contribution in [0.1, 0.15) is 30.5 Å². The number of hydrogen-bond acceptors (Lipinski definition) is 3. The maximum absolute atomic E-state index is 4.94. The van der Waals surface area contributed by atoms with Gasteiger partial charge in [0.05, 0.1) is 0 Å². The Morgan fingerprint density at radius 2 is 1.50 bits per heavy atom. The van der Waals surface area contributed by atoms with Gasteiger partial charge in [-0.1, -0.05) is 93.2 Å². The summed E-state index contributed by atoms with van der Waals surface area (Å²) in [7, 11) is 1.77. The molecule has 8 rings (SSSR count). The van der Waals surface area contributed by atoms with Crippen molar-refractivity contribution in [3.63, 3.8) is 0 Å². The number of aliphatic imine (C=N–C) groups is 1. The predicted octanol–water partition coefficient (Wildman–Crippen LogP) is 10.6. The number of rotatable bonds is 5. The zero-order valence-electron chi connectivity index (χ0n) is 25.0. The molecule has 0 N–H and O–H groups in total. The second kappa shape index (κ2) is 10.0. The molecular weight excluding hydrogens is 555 g/mol. The Morgan fingerprint density at radius 1 is 0.818 bits per heavy atom. The summed E-state index contributed by atoms with van der Waals surface area (Å²) >= 11 is 1.80. The van der Waals surface area contributed by atoms with Crippen molar-refractivity contribution >= 4 is 49.2 Å². The minimum absolute atomic E-state index is 0.108. The molecule has 0 bridgehead atoms. The minimum atomic E-state index is -0.108. The number of nitrogens with zero attached hydrogens (tertiary/aromatic N) is 3. The Kier molecular flexibility index (Phi) is 6.04. The van der Waals surface area contributed by atoms with Gasteiger partial charge in [0.2, 0.25) is 0 Å². The van der Waals surface area contributed by atoms with E-state index in [0.29, 0.717) is 0 Å². The summed E-state index contributed by atoms with van der Waals surface area (Å²) in [5.41, 5.74) is 14.3. The molecule has 4 aromatic carbocycles. The number of allylic oxidation sites excluding steroid dienone is 3. The van der Waals surface area contributed by atoms with E-state index in [2.05, 4.69) is 133 Å². The molecule has 1 aliphatic carbocycles. The zero-order chi connectivity index (χ0) is 30.0. The van der Waals surface area contributed by atoms with Crippen molar-refractivity contribution < 1.29 is 0 Å². The zero-order valence-corrected chi connectivity index (χ0v) is 25.8. The highest BCUT2D eigenvalue weighted by Gasteiger charge is 2.35. The molecule has 3 heterocycles. The van der Waals surface area contributed by atoms with Crippen LogP contribution in [0.5, 0.6) is 0 Å². The van der Waals surface area contributed by atoms with Crippen LogP contribution < -0.4 is 0 Å². The summed E-state index contributed by atoms with van der Waals surface area (Å²) in [5.74, 6) is 0. The lowest BCUT2D eigenvalue weighted by Gasteiger charge is -2.22. The quantitative estimate of drug-likeness (QED) is 0.146. The smallest absolute Gasteiger partial charge is 0.138 e. The van der Waals surface area contributed by atoms with E-state index in [4.69, 9.17) is 4.98 Å². The molecule has 4 heteroatoms. The molecule has 44 heavy (non-hydrogen) atoms. The molecule has 0 aliphatic heterocycles. The number of aromatic nitrogens is 2. The number of thiophene rings is 1. The molecular formula is C40H31N3S. The van der Waals surface area contributed by atoms with Gasteiger partial charge in [0.1, 0.15) is 16.0 Å². The summed E-state index contributed by atoms with van der Waals surface area (Å²) in [6.45, 7) is 8.94. The molecule has 0 unspecified atom stereocenters. The fraction of sp³-hybridized carbons (Fsp3) is 0.100. The van der Waals surface area contributed by atoms with Crippen LogP contribution in [0.4, 0.5) is 0 Å². The average Bonchev–Trinajstić information content (AvgIpc) is 3.67. The van der Waals surface area contributed by atoms with Crippen LogP contribution in [0.15, 0.2) is 127 Å². The third-order valence-corrected chi connectivity index (χ3v) is 10.2. The lowest BCUT2D eigenvalue weighted by atomic mass is 9.81. The van der Waals surface area contributed by atoms with Gasteiger partial charge < -0.3 is 0 Å². The molecule has 0 saturated heterocycles. The van der Waals surface area contributed by atoms with Crippen LogP contribution in [0.25, 0.3) is 65.0 Å². The lowest BCUT2D eigenvalue weighted by molar-refractivity contribution is 0.660. The standard InChI is InChI=1S/C40H31N3S/c1-25(8-7-21-41-4)28-15-18-31-32-19-16-29(23-35(32)40(2,3)34(31)22-28)26-11-13-27(14-12-26)30-17-20-37-42-38-33-9-5-6-10-36(33)44-39(38)43(37)24-30/h5-24H,1H2,2-4H3/b8-7-,41-21-. The number of imidazole rings is 1. The summed E-state index contributed by atoms with van der Waals surface area (Å²) in [5, 5.41) is 1.23. The Labute approximate surface area is 261 Å². The van der Waals surface area contributed by atoms with Gasteiger partial charge in [-0.05, 0) is 92.1 Å². The van der Waals surface area contributed by atoms with Crippen LogP contribution in [-0.4, -0.2) is 22.6 Å². The van der Waals surface area contributed by atoms with Crippen molar-refractivity contribution in [1.29, 1.82) is 0 Å². The van der Waals surface area contributed by atoms with Gasteiger partial charge in [0.15, 0.2) is 0 Å². The second-order valence-corrected chi connectivity index (χ2v) is 13.1. The summed E-state index contributed by atoms with van der Waals surface area (Å²) < 4.78 is 3.51. The van der Waals surface area contributed by atoms with E-state index in [-0.39, 0.29) is 5.41 Å². The molecule has 3 aromatic heterocycles. The molecule has 0 saturated carbocycles. The molecule has 0 atom stereocenters. The van der Waals surface area contributed by atoms with E-state index >= 15 is 0 Å². The van der Waals surface area contributed by atoms with Gasteiger partial charge in [-0.15, -0.1) is 11.3 Å². The van der Waals surface area contributed by atoms with Gasteiger partial charge in [-0.25, -0.2) is 4.98 Å². The Bertz CT molecular complexity index is 2330. The molecule has 1 aliphatic rings. The molecule has 0 spiro atoms. The fourth-order valence-electron chi connectivity index (χ4n) is 6.64. The third kappa shape index (κ3) is 4.10. The molecule has 3 nitrogen and oxygen atoms in total. The van der Waals surface area contributed by atoms with E-state index in [1.165, 1.54) is 59.4 Å². The van der Waals surface area contributed by atoms with Crippen molar-refractivity contribution in [2.24, 2.45) is 4.99 Å². The van der Waals surface area contributed by atoms with E-state index in [1.807, 2.05) is 12.2 Å². The highest BCUT2D eigenvalue weighted by molar-refractivity contribution is 7.25. The van der Waals surface area contributed by atoms with E-state index in [0.717, 1.165) is 22.3 Å². The minimum Gasteiger partial charge on any atom is -0.297 e. The number of benzene rings is 4. The fourth-order valence-corrected chi connectivity index (χ4v) is 7.76. The first-order valence-electron chi connectivity index (χ1n) is 14.9. The summed E-state index contributed by atoms with van der Waals surface area (Å²) in [6.07, 6.45) is 7.96. The Morgan fingerprint density at radius 3 is 2.30 bits per heavy atom. The Balaban J connectivity index is 1.11. The summed E-state index contributed by atoms with van der Waals surface area (Å²) in [6, 6.07) is 35.4. The van der Waals surface area contributed by atoms with E-state index in [1.54, 1.807) is 24.6 Å². The normalized spacial score (nSPS) is 13.9. The van der Waals surface area contributed by atoms with Gasteiger partial charge in [0, 0.05) is 35.0 Å². The first-order valence-corrected chi connectivity index (χ1v) is 15.7. The number of fused-ring (bicyclic) bond motifs is 8. The van der Waals surface area contributed by atoms with Crippen molar-refractivity contribution in [2.75, 3.05) is 7.05 Å². The highest BCUT2D eigenvalue weighted by atomic mass is 32.1. The summed E-state index contributed by atoms with van der Waals surface area (Å²) in [4.78, 5) is 10.2. The maximum Gasteiger partial charge on any atom is 0.138 e. The molecule has 0 fully saturated rings. The largest absolute Gasteiger partial charge is 0.297 e. The van der Waals surface area contributed by atoms with Gasteiger partial charge >= 0.3 is 0 Å². The van der Waals surface area contributed by atoms with Crippen LogP contribution in [0, 0.1) is 0 Å². The first kappa shape index (κ1) is 26.6.